The molecule has 1 unspecified atom stereocenters. The molecular formula is C22H25N3O8S. The topological polar surface area (TPSA) is 146 Å². The number of ether oxygens (including phenoxy) is 3. The summed E-state index contributed by atoms with van der Waals surface area (Å²) in [5.74, 6) is -1.26. The molecular weight excluding hydrogens is 466 g/mol. The number of carbonyl (C=O) groups is 3. The van der Waals surface area contributed by atoms with Gasteiger partial charge in [-0.3, -0.25) is 14.4 Å². The van der Waals surface area contributed by atoms with E-state index in [9.17, 15) is 22.8 Å². The molecule has 1 aliphatic heterocycles. The molecule has 34 heavy (non-hydrogen) atoms. The summed E-state index contributed by atoms with van der Waals surface area (Å²) in [5.41, 5.74) is 0.412. The normalized spacial score (nSPS) is 16.3. The Morgan fingerprint density at radius 2 is 1.76 bits per heavy atom. The summed E-state index contributed by atoms with van der Waals surface area (Å²) in [7, 11) is 0.307. The van der Waals surface area contributed by atoms with Crippen molar-refractivity contribution in [3.8, 4) is 5.75 Å². The van der Waals surface area contributed by atoms with Gasteiger partial charge in [0, 0.05) is 19.8 Å². The number of imide groups is 1. The Kier molecular flexibility index (Phi) is 7.67. The van der Waals surface area contributed by atoms with Crippen molar-refractivity contribution < 1.29 is 37.0 Å². The number of sulfonamides is 1. The van der Waals surface area contributed by atoms with E-state index in [2.05, 4.69) is 0 Å². The fraction of sp³-hybridized carbons (Fsp3) is 0.318. The molecule has 3 amide bonds. The van der Waals surface area contributed by atoms with Crippen LogP contribution in [0.3, 0.4) is 0 Å². The number of nitrogens with two attached hydrogens (primary N) is 1. The predicted octanol–water partition coefficient (Wildman–Crippen LogP) is 0.736. The monoisotopic (exact) mass is 491 g/mol. The van der Waals surface area contributed by atoms with Crippen molar-refractivity contribution >= 4 is 33.4 Å². The SMILES string of the molecule is COc1cccc(C(=O)N(CC(OC)OC)C2CC(=O)N(c3ccc(S(N)(=O)=O)cc3)C2=O)c1. The number of methoxy groups -OCH3 is 3. The molecule has 2 aromatic carbocycles. The molecule has 2 aromatic rings. The number of hydrogen-bond donors (Lipinski definition) is 1. The van der Waals surface area contributed by atoms with E-state index in [1.807, 2.05) is 0 Å². The minimum atomic E-state index is -3.94. The second kappa shape index (κ2) is 10.3. The molecule has 0 aliphatic carbocycles. The fourth-order valence-electron chi connectivity index (χ4n) is 3.60. The molecule has 2 N–H and O–H groups in total. The van der Waals surface area contributed by atoms with Gasteiger partial charge in [0.05, 0.1) is 30.7 Å². The molecule has 1 aliphatic rings. The minimum Gasteiger partial charge on any atom is -0.497 e. The first-order chi connectivity index (χ1) is 16.1. The van der Waals surface area contributed by atoms with Crippen molar-refractivity contribution in [2.75, 3.05) is 32.8 Å². The first-order valence-electron chi connectivity index (χ1n) is 10.1. The summed E-state index contributed by atoms with van der Waals surface area (Å²) >= 11 is 0. The third-order valence-electron chi connectivity index (χ3n) is 5.37. The Morgan fingerprint density at radius 3 is 2.32 bits per heavy atom. The van der Waals surface area contributed by atoms with Gasteiger partial charge in [-0.1, -0.05) is 6.07 Å². The maximum absolute atomic E-state index is 13.4. The van der Waals surface area contributed by atoms with Crippen LogP contribution in [0.5, 0.6) is 5.75 Å². The highest BCUT2D eigenvalue weighted by atomic mass is 32.2. The highest BCUT2D eigenvalue weighted by Gasteiger charge is 2.45. The molecule has 0 spiro atoms. The Balaban J connectivity index is 1.95. The lowest BCUT2D eigenvalue weighted by atomic mass is 10.1. The van der Waals surface area contributed by atoms with E-state index in [-0.39, 0.29) is 29.1 Å². The average Bonchev–Trinajstić information content (AvgIpc) is 3.12. The number of amides is 3. The van der Waals surface area contributed by atoms with Crippen molar-refractivity contribution in [3.63, 3.8) is 0 Å². The van der Waals surface area contributed by atoms with Crippen LogP contribution in [0.25, 0.3) is 0 Å². The first-order valence-corrected chi connectivity index (χ1v) is 11.7. The summed E-state index contributed by atoms with van der Waals surface area (Å²) < 4.78 is 38.6. The van der Waals surface area contributed by atoms with Gasteiger partial charge < -0.3 is 19.1 Å². The summed E-state index contributed by atoms with van der Waals surface area (Å²) in [5, 5.41) is 5.11. The zero-order chi connectivity index (χ0) is 25.0. The second-order valence-electron chi connectivity index (χ2n) is 7.42. The lowest BCUT2D eigenvalue weighted by molar-refractivity contribution is -0.128. The van der Waals surface area contributed by atoms with Crippen LogP contribution in [0, 0.1) is 0 Å². The molecule has 1 saturated heterocycles. The van der Waals surface area contributed by atoms with Crippen molar-refractivity contribution in [2.45, 2.75) is 23.6 Å². The number of nitrogens with zero attached hydrogens (tertiary/aromatic N) is 2. The highest BCUT2D eigenvalue weighted by molar-refractivity contribution is 7.89. The van der Waals surface area contributed by atoms with Gasteiger partial charge in [-0.25, -0.2) is 18.5 Å². The van der Waals surface area contributed by atoms with E-state index in [1.165, 1.54) is 56.6 Å². The number of primary sulfonamides is 1. The highest BCUT2D eigenvalue weighted by Crippen LogP contribution is 2.28. The molecule has 1 fully saturated rings. The number of hydrogen-bond acceptors (Lipinski definition) is 8. The number of carbonyl (C=O) groups excluding carboxylic acids is 3. The molecule has 1 atom stereocenters. The van der Waals surface area contributed by atoms with E-state index in [0.717, 1.165) is 4.90 Å². The first kappa shape index (κ1) is 25.3. The minimum absolute atomic E-state index is 0.120. The maximum Gasteiger partial charge on any atom is 0.257 e. The quantitative estimate of drug-likeness (QED) is 0.399. The lowest BCUT2D eigenvalue weighted by Crippen LogP contribution is -2.49. The van der Waals surface area contributed by atoms with Crippen LogP contribution in [0.1, 0.15) is 16.8 Å². The Labute approximate surface area is 197 Å². The fourth-order valence-corrected chi connectivity index (χ4v) is 4.11. The number of benzene rings is 2. The third kappa shape index (κ3) is 5.25. The molecule has 1 heterocycles. The van der Waals surface area contributed by atoms with Crippen LogP contribution >= 0.6 is 0 Å². The van der Waals surface area contributed by atoms with E-state index in [4.69, 9.17) is 19.3 Å². The van der Waals surface area contributed by atoms with Crippen molar-refractivity contribution in [1.29, 1.82) is 0 Å². The van der Waals surface area contributed by atoms with Gasteiger partial charge in [0.15, 0.2) is 6.29 Å². The summed E-state index contributed by atoms with van der Waals surface area (Å²) in [6.45, 7) is -0.120. The molecule has 12 heteroatoms. The zero-order valence-corrected chi connectivity index (χ0v) is 19.7. The largest absolute Gasteiger partial charge is 0.497 e. The third-order valence-corrected chi connectivity index (χ3v) is 6.30. The van der Waals surface area contributed by atoms with Crippen LogP contribution in [0.2, 0.25) is 0 Å². The molecule has 0 radical (unpaired) electrons. The summed E-state index contributed by atoms with van der Waals surface area (Å²) in [6, 6.07) is 10.3. The van der Waals surface area contributed by atoms with Gasteiger partial charge in [0.1, 0.15) is 11.8 Å². The average molecular weight is 492 g/mol. The number of rotatable bonds is 9. The lowest BCUT2D eigenvalue weighted by Gasteiger charge is -2.30. The van der Waals surface area contributed by atoms with Crippen LogP contribution < -0.4 is 14.8 Å². The zero-order valence-electron chi connectivity index (χ0n) is 18.8. The molecule has 0 aromatic heterocycles. The van der Waals surface area contributed by atoms with Crippen LogP contribution in [-0.2, 0) is 29.1 Å². The van der Waals surface area contributed by atoms with E-state index >= 15 is 0 Å². The van der Waals surface area contributed by atoms with Gasteiger partial charge in [-0.2, -0.15) is 0 Å². The van der Waals surface area contributed by atoms with Crippen molar-refractivity contribution in [3.05, 3.63) is 54.1 Å². The van der Waals surface area contributed by atoms with Gasteiger partial charge in [0.25, 0.3) is 11.8 Å². The maximum atomic E-state index is 13.4. The van der Waals surface area contributed by atoms with Gasteiger partial charge >= 0.3 is 0 Å². The van der Waals surface area contributed by atoms with Crippen LogP contribution in [0.4, 0.5) is 5.69 Å². The molecule has 3 rings (SSSR count). The van der Waals surface area contributed by atoms with Gasteiger partial charge in [0.2, 0.25) is 15.9 Å². The van der Waals surface area contributed by atoms with Gasteiger partial charge in [-0.15, -0.1) is 0 Å². The molecule has 0 bridgehead atoms. The van der Waals surface area contributed by atoms with E-state index < -0.39 is 40.1 Å². The standard InChI is InChI=1S/C22H25N3O8S/c1-31-16-6-4-5-14(11-16)21(27)24(13-20(32-2)33-3)18-12-19(26)25(22(18)28)15-7-9-17(10-8-15)34(23,29)30/h4-11,18,20H,12-13H2,1-3H3,(H2,23,29,30). The predicted molar refractivity (Wildman–Crippen MR) is 121 cm³/mol. The Hall–Kier alpha value is -3.32. The molecule has 182 valence electrons. The Morgan fingerprint density at radius 1 is 1.12 bits per heavy atom. The van der Waals surface area contributed by atoms with Gasteiger partial charge in [-0.05, 0) is 42.5 Å². The van der Waals surface area contributed by atoms with Crippen molar-refractivity contribution in [2.24, 2.45) is 5.14 Å². The van der Waals surface area contributed by atoms with E-state index in [0.29, 0.717) is 5.75 Å². The number of anilines is 1. The van der Waals surface area contributed by atoms with Crippen LogP contribution in [0.15, 0.2) is 53.4 Å². The van der Waals surface area contributed by atoms with E-state index in [1.54, 1.807) is 18.2 Å². The Bertz CT molecular complexity index is 1180. The second-order valence-corrected chi connectivity index (χ2v) is 8.98. The smallest absolute Gasteiger partial charge is 0.257 e. The molecule has 11 nitrogen and oxygen atoms in total. The van der Waals surface area contributed by atoms with Crippen LogP contribution in [-0.4, -0.2) is 71.2 Å². The molecule has 0 saturated carbocycles. The summed E-state index contributed by atoms with van der Waals surface area (Å²) in [4.78, 5) is 41.5. The summed E-state index contributed by atoms with van der Waals surface area (Å²) in [6.07, 6.45) is -1.12. The van der Waals surface area contributed by atoms with Crippen molar-refractivity contribution in [1.82, 2.24) is 4.90 Å².